The molecule has 1 heterocycles. The molecular formula is C33H49N. The van der Waals surface area contributed by atoms with Gasteiger partial charge < -0.3 is 5.32 Å². The van der Waals surface area contributed by atoms with Crippen LogP contribution in [0.15, 0.2) is 95.7 Å². The van der Waals surface area contributed by atoms with Crippen molar-refractivity contribution in [2.45, 2.75) is 85.0 Å². The minimum absolute atomic E-state index is 0.571. The first-order valence-electron chi connectivity index (χ1n) is 13.7. The number of nitrogens with one attached hydrogen (secondary N) is 1. The van der Waals surface area contributed by atoms with Crippen LogP contribution < -0.4 is 5.32 Å². The summed E-state index contributed by atoms with van der Waals surface area (Å²) in [6, 6.07) is 0. The van der Waals surface area contributed by atoms with Gasteiger partial charge in [-0.3, -0.25) is 0 Å². The van der Waals surface area contributed by atoms with E-state index >= 15 is 0 Å². The van der Waals surface area contributed by atoms with Gasteiger partial charge in [-0.05, 0) is 85.7 Å². The SMILES string of the molecule is C=C/C=C1C=CC(=C/C(C)CCCC)/C(=C\CCCC)/C=C(CC(=C)CC2CCNCC2)/C=C\1. The predicted octanol–water partition coefficient (Wildman–Crippen LogP) is 9.36. The number of hydrogen-bond donors (Lipinski definition) is 1. The van der Waals surface area contributed by atoms with Crippen molar-refractivity contribution in [3.63, 3.8) is 0 Å². The Morgan fingerprint density at radius 3 is 2.50 bits per heavy atom. The molecule has 2 aliphatic rings. The van der Waals surface area contributed by atoms with Crippen molar-refractivity contribution >= 4 is 0 Å². The molecule has 0 bridgehead atoms. The van der Waals surface area contributed by atoms with Gasteiger partial charge in [0.2, 0.25) is 0 Å². The third kappa shape index (κ3) is 10.9. The van der Waals surface area contributed by atoms with Crippen LogP contribution in [0, 0.1) is 11.8 Å². The number of hydrogen-bond acceptors (Lipinski definition) is 1. The van der Waals surface area contributed by atoms with E-state index < -0.39 is 0 Å². The van der Waals surface area contributed by atoms with Gasteiger partial charge in [0.1, 0.15) is 0 Å². The zero-order valence-corrected chi connectivity index (χ0v) is 22.3. The summed E-state index contributed by atoms with van der Waals surface area (Å²) < 4.78 is 0. The molecule has 1 unspecified atom stereocenters. The van der Waals surface area contributed by atoms with Gasteiger partial charge in [-0.15, -0.1) is 0 Å². The van der Waals surface area contributed by atoms with Crippen molar-refractivity contribution in [2.75, 3.05) is 13.1 Å². The van der Waals surface area contributed by atoms with E-state index in [0.717, 1.165) is 38.3 Å². The minimum Gasteiger partial charge on any atom is -0.317 e. The fourth-order valence-electron chi connectivity index (χ4n) is 4.79. The molecule has 0 aromatic rings. The van der Waals surface area contributed by atoms with Crippen molar-refractivity contribution in [3.8, 4) is 0 Å². The highest BCUT2D eigenvalue weighted by atomic mass is 14.9. The molecule has 0 amide bonds. The molecule has 0 aromatic carbocycles. The topological polar surface area (TPSA) is 12.0 Å². The quantitative estimate of drug-likeness (QED) is 0.226. The molecule has 1 aliphatic heterocycles. The molecular weight excluding hydrogens is 410 g/mol. The third-order valence-corrected chi connectivity index (χ3v) is 6.82. The molecule has 1 N–H and O–H groups in total. The Morgan fingerprint density at radius 2 is 1.79 bits per heavy atom. The van der Waals surface area contributed by atoms with Gasteiger partial charge in [-0.2, -0.15) is 0 Å². The first-order chi connectivity index (χ1) is 16.5. The van der Waals surface area contributed by atoms with Crippen LogP contribution in [0.4, 0.5) is 0 Å². The van der Waals surface area contributed by atoms with Crippen molar-refractivity contribution in [2.24, 2.45) is 11.8 Å². The average molecular weight is 460 g/mol. The van der Waals surface area contributed by atoms with Gasteiger partial charge in [0, 0.05) is 0 Å². The van der Waals surface area contributed by atoms with Crippen LogP contribution in [0.1, 0.15) is 85.0 Å². The number of unbranched alkanes of at least 4 members (excludes halogenated alkanes) is 3. The fourth-order valence-corrected chi connectivity index (χ4v) is 4.79. The number of rotatable bonds is 12. The Bertz CT molecular complexity index is 821. The number of piperidine rings is 1. The van der Waals surface area contributed by atoms with Gasteiger partial charge in [-0.25, -0.2) is 0 Å². The van der Waals surface area contributed by atoms with Crippen LogP contribution in [0.2, 0.25) is 0 Å². The van der Waals surface area contributed by atoms with Crippen LogP contribution in [0.3, 0.4) is 0 Å². The smallest absolute Gasteiger partial charge is 0.00462 e. The van der Waals surface area contributed by atoms with E-state index in [1.54, 1.807) is 0 Å². The maximum Gasteiger partial charge on any atom is -0.00462 e. The summed E-state index contributed by atoms with van der Waals surface area (Å²) >= 11 is 0. The van der Waals surface area contributed by atoms with E-state index in [9.17, 15) is 0 Å². The Labute approximate surface area is 210 Å². The van der Waals surface area contributed by atoms with Crippen LogP contribution >= 0.6 is 0 Å². The highest BCUT2D eigenvalue weighted by Crippen LogP contribution is 2.28. The van der Waals surface area contributed by atoms with E-state index in [0.29, 0.717) is 5.92 Å². The van der Waals surface area contributed by atoms with Crippen molar-refractivity contribution in [1.82, 2.24) is 5.32 Å². The molecule has 1 nitrogen and oxygen atoms in total. The summed E-state index contributed by atoms with van der Waals surface area (Å²) in [6.07, 6.45) is 32.4. The lowest BCUT2D eigenvalue weighted by molar-refractivity contribution is 0.370. The van der Waals surface area contributed by atoms with Crippen molar-refractivity contribution in [1.29, 1.82) is 0 Å². The largest absolute Gasteiger partial charge is 0.317 e. The van der Waals surface area contributed by atoms with E-state index in [-0.39, 0.29) is 0 Å². The molecule has 1 fully saturated rings. The minimum atomic E-state index is 0.571. The fraction of sp³-hybridized carbons (Fsp3) is 0.515. The zero-order chi connectivity index (χ0) is 24.6. The van der Waals surface area contributed by atoms with Gasteiger partial charge >= 0.3 is 0 Å². The van der Waals surface area contributed by atoms with Crippen LogP contribution in [-0.2, 0) is 0 Å². The molecule has 34 heavy (non-hydrogen) atoms. The summed E-state index contributed by atoms with van der Waals surface area (Å²) in [5.74, 6) is 1.35. The lowest BCUT2D eigenvalue weighted by Gasteiger charge is -2.23. The summed E-state index contributed by atoms with van der Waals surface area (Å²) in [6.45, 7) is 17.6. The van der Waals surface area contributed by atoms with E-state index in [1.807, 2.05) is 6.08 Å². The Kier molecular flexibility index (Phi) is 13.6. The monoisotopic (exact) mass is 459 g/mol. The summed E-state index contributed by atoms with van der Waals surface area (Å²) in [7, 11) is 0. The second-order valence-corrected chi connectivity index (χ2v) is 10.2. The Balaban J connectivity index is 2.37. The lowest BCUT2D eigenvalue weighted by atomic mass is 9.88. The highest BCUT2D eigenvalue weighted by Gasteiger charge is 2.15. The van der Waals surface area contributed by atoms with Crippen LogP contribution in [0.25, 0.3) is 0 Å². The second-order valence-electron chi connectivity index (χ2n) is 10.2. The summed E-state index contributed by atoms with van der Waals surface area (Å²) in [5.41, 5.74) is 6.61. The first-order valence-corrected chi connectivity index (χ1v) is 13.7. The van der Waals surface area contributed by atoms with Crippen molar-refractivity contribution in [3.05, 3.63) is 95.7 Å². The third-order valence-electron chi connectivity index (χ3n) is 6.82. The van der Waals surface area contributed by atoms with E-state index in [1.165, 1.54) is 72.8 Å². The van der Waals surface area contributed by atoms with Gasteiger partial charge in [0.25, 0.3) is 0 Å². The van der Waals surface area contributed by atoms with Gasteiger partial charge in [0.05, 0.1) is 0 Å². The molecule has 0 radical (unpaired) electrons. The summed E-state index contributed by atoms with van der Waals surface area (Å²) in [4.78, 5) is 0. The van der Waals surface area contributed by atoms with Gasteiger partial charge in [-0.1, -0.05) is 120 Å². The van der Waals surface area contributed by atoms with Crippen LogP contribution in [0.5, 0.6) is 0 Å². The van der Waals surface area contributed by atoms with Crippen LogP contribution in [-0.4, -0.2) is 13.1 Å². The lowest BCUT2D eigenvalue weighted by Crippen LogP contribution is -2.27. The Hall–Kier alpha value is -2.12. The first kappa shape index (κ1) is 28.1. The standard InChI is InChI=1S/C33H49N/c1-6-9-11-14-32-26-31(24-28(5)23-30-19-21-34-22-20-30)16-15-29(12-8-3)17-18-33(32)25-27(4)13-10-7-2/h8,12,14-18,25-27,30,34H,3,5-7,9-11,13,19-24H2,1-2,4H3/b16-15-,18-17?,29-12-,31-26-,32-14-,33-25-. The van der Waals surface area contributed by atoms with Crippen molar-refractivity contribution < 1.29 is 0 Å². The molecule has 1 saturated heterocycles. The molecule has 2 rings (SSSR count). The molecule has 1 atom stereocenters. The Morgan fingerprint density at radius 1 is 1.06 bits per heavy atom. The second kappa shape index (κ2) is 16.5. The highest BCUT2D eigenvalue weighted by molar-refractivity contribution is 5.54. The number of allylic oxidation sites excluding steroid dienone is 14. The molecule has 0 spiro atoms. The average Bonchev–Trinajstić information content (AvgIpc) is 2.89. The predicted molar refractivity (Wildman–Crippen MR) is 153 cm³/mol. The molecule has 186 valence electrons. The summed E-state index contributed by atoms with van der Waals surface area (Å²) in [5, 5.41) is 3.48. The molecule has 1 heteroatoms. The molecule has 1 aliphatic carbocycles. The molecule has 0 aromatic heterocycles. The van der Waals surface area contributed by atoms with E-state index in [2.05, 4.69) is 87.9 Å². The molecule has 0 saturated carbocycles. The maximum atomic E-state index is 4.50. The van der Waals surface area contributed by atoms with E-state index in [4.69, 9.17) is 0 Å². The zero-order valence-electron chi connectivity index (χ0n) is 22.3. The maximum absolute atomic E-state index is 4.50. The van der Waals surface area contributed by atoms with Gasteiger partial charge in [0.15, 0.2) is 0 Å². The normalized spacial score (nSPS) is 24.3.